The molecule has 0 radical (unpaired) electrons. The summed E-state index contributed by atoms with van der Waals surface area (Å²) in [7, 11) is 0. The molecule has 0 bridgehead atoms. The molecule has 0 N–H and O–H groups in total. The van der Waals surface area contributed by atoms with Crippen molar-refractivity contribution in [2.75, 3.05) is 0 Å². The van der Waals surface area contributed by atoms with Crippen molar-refractivity contribution in [3.05, 3.63) is 71.3 Å². The molecule has 1 unspecified atom stereocenters. The second-order valence-electron chi connectivity index (χ2n) is 6.15. The fourth-order valence-corrected chi connectivity index (χ4v) is 2.68. The Labute approximate surface area is 159 Å². The van der Waals surface area contributed by atoms with Gasteiger partial charge in [0.05, 0.1) is 5.56 Å². The zero-order chi connectivity index (χ0) is 19.6. The van der Waals surface area contributed by atoms with Crippen LogP contribution in [-0.2, 0) is 25.5 Å². The SMILES string of the molecule is CCCC(=O)OC(=O)C(OC(=O)c1ccccc1CCC)c1ccccc1. The summed E-state index contributed by atoms with van der Waals surface area (Å²) in [6, 6.07) is 15.7. The summed E-state index contributed by atoms with van der Waals surface area (Å²) in [4.78, 5) is 36.9. The van der Waals surface area contributed by atoms with Crippen LogP contribution in [0.1, 0.15) is 60.7 Å². The van der Waals surface area contributed by atoms with Crippen molar-refractivity contribution in [1.82, 2.24) is 0 Å². The molecule has 0 spiro atoms. The van der Waals surface area contributed by atoms with Crippen LogP contribution in [0, 0.1) is 0 Å². The first-order chi connectivity index (χ1) is 13.1. The molecule has 1 atom stereocenters. The zero-order valence-corrected chi connectivity index (χ0v) is 15.6. The lowest BCUT2D eigenvalue weighted by Gasteiger charge is -2.17. The van der Waals surface area contributed by atoms with Crippen LogP contribution in [0.3, 0.4) is 0 Å². The van der Waals surface area contributed by atoms with E-state index in [2.05, 4.69) is 0 Å². The van der Waals surface area contributed by atoms with Crippen LogP contribution < -0.4 is 0 Å². The van der Waals surface area contributed by atoms with E-state index < -0.39 is 24.0 Å². The molecule has 0 heterocycles. The van der Waals surface area contributed by atoms with Gasteiger partial charge in [-0.15, -0.1) is 0 Å². The smallest absolute Gasteiger partial charge is 0.359 e. The van der Waals surface area contributed by atoms with E-state index in [-0.39, 0.29) is 6.42 Å². The lowest BCUT2D eigenvalue weighted by molar-refractivity contribution is -0.166. The van der Waals surface area contributed by atoms with Crippen molar-refractivity contribution in [2.24, 2.45) is 0 Å². The first kappa shape index (κ1) is 20.4. The molecule has 0 aromatic heterocycles. The van der Waals surface area contributed by atoms with Gasteiger partial charge in [-0.25, -0.2) is 9.59 Å². The summed E-state index contributed by atoms with van der Waals surface area (Å²) in [6.07, 6.45) is 0.988. The Bertz CT molecular complexity index is 782. The van der Waals surface area contributed by atoms with Gasteiger partial charge in [-0.2, -0.15) is 0 Å². The van der Waals surface area contributed by atoms with Crippen LogP contribution >= 0.6 is 0 Å². The molecule has 27 heavy (non-hydrogen) atoms. The largest absolute Gasteiger partial charge is 0.442 e. The van der Waals surface area contributed by atoms with E-state index >= 15 is 0 Å². The zero-order valence-electron chi connectivity index (χ0n) is 15.6. The molecule has 0 saturated carbocycles. The summed E-state index contributed by atoms with van der Waals surface area (Å²) >= 11 is 0. The molecule has 5 nitrogen and oxygen atoms in total. The van der Waals surface area contributed by atoms with E-state index in [0.717, 1.165) is 18.4 Å². The van der Waals surface area contributed by atoms with Gasteiger partial charge in [-0.1, -0.05) is 68.8 Å². The molecule has 0 fully saturated rings. The van der Waals surface area contributed by atoms with Crippen molar-refractivity contribution < 1.29 is 23.9 Å². The van der Waals surface area contributed by atoms with Gasteiger partial charge in [-0.3, -0.25) is 4.79 Å². The number of hydrogen-bond donors (Lipinski definition) is 0. The third-order valence-electron chi connectivity index (χ3n) is 3.97. The normalized spacial score (nSPS) is 11.5. The highest BCUT2D eigenvalue weighted by molar-refractivity contribution is 5.94. The molecule has 142 valence electrons. The molecule has 0 aliphatic heterocycles. The average molecular weight is 368 g/mol. The van der Waals surface area contributed by atoms with Crippen LogP contribution in [0.4, 0.5) is 0 Å². The quantitative estimate of drug-likeness (QED) is 0.510. The van der Waals surface area contributed by atoms with Crippen molar-refractivity contribution in [2.45, 2.75) is 45.6 Å². The van der Waals surface area contributed by atoms with Crippen molar-refractivity contribution >= 4 is 17.9 Å². The minimum Gasteiger partial charge on any atom is -0.442 e. The Morgan fingerprint density at radius 2 is 1.56 bits per heavy atom. The Kier molecular flexibility index (Phi) is 7.74. The molecule has 5 heteroatoms. The average Bonchev–Trinajstić information content (AvgIpc) is 2.67. The number of carbonyl (C=O) groups is 3. The topological polar surface area (TPSA) is 69.7 Å². The number of aryl methyl sites for hydroxylation is 1. The van der Waals surface area contributed by atoms with Gasteiger partial charge in [0.15, 0.2) is 0 Å². The van der Waals surface area contributed by atoms with Crippen LogP contribution in [0.2, 0.25) is 0 Å². The van der Waals surface area contributed by atoms with E-state index in [0.29, 0.717) is 17.5 Å². The highest BCUT2D eigenvalue weighted by Crippen LogP contribution is 2.23. The van der Waals surface area contributed by atoms with Gasteiger partial charge < -0.3 is 9.47 Å². The van der Waals surface area contributed by atoms with Gasteiger partial charge in [0.2, 0.25) is 6.10 Å². The Balaban J connectivity index is 2.25. The van der Waals surface area contributed by atoms with E-state index in [1.807, 2.05) is 26.0 Å². The number of hydrogen-bond acceptors (Lipinski definition) is 5. The minimum absolute atomic E-state index is 0.126. The second-order valence-corrected chi connectivity index (χ2v) is 6.15. The number of ether oxygens (including phenoxy) is 2. The van der Waals surface area contributed by atoms with E-state index in [1.165, 1.54) is 0 Å². The number of esters is 3. The maximum Gasteiger partial charge on any atom is 0.359 e. The summed E-state index contributed by atoms with van der Waals surface area (Å²) in [5, 5.41) is 0. The minimum atomic E-state index is -1.30. The van der Waals surface area contributed by atoms with Crippen molar-refractivity contribution in [1.29, 1.82) is 0 Å². The lowest BCUT2D eigenvalue weighted by Crippen LogP contribution is -2.25. The van der Waals surface area contributed by atoms with E-state index in [9.17, 15) is 14.4 Å². The van der Waals surface area contributed by atoms with Crippen LogP contribution in [0.25, 0.3) is 0 Å². The maximum absolute atomic E-state index is 12.7. The van der Waals surface area contributed by atoms with Crippen LogP contribution in [-0.4, -0.2) is 17.9 Å². The standard InChI is InChI=1S/C22H24O5/c1-3-10-16-12-8-9-15-18(16)21(24)27-20(17-13-6-5-7-14-17)22(25)26-19(23)11-4-2/h5-9,12-15,20H,3-4,10-11H2,1-2H3. The monoisotopic (exact) mass is 368 g/mol. The highest BCUT2D eigenvalue weighted by atomic mass is 16.6. The maximum atomic E-state index is 12.7. The molecule has 2 rings (SSSR count). The third kappa shape index (κ3) is 5.78. The first-order valence-corrected chi connectivity index (χ1v) is 9.15. The van der Waals surface area contributed by atoms with Crippen molar-refractivity contribution in [3.63, 3.8) is 0 Å². The van der Waals surface area contributed by atoms with Gasteiger partial charge in [0.1, 0.15) is 0 Å². The van der Waals surface area contributed by atoms with Gasteiger partial charge >= 0.3 is 17.9 Å². The van der Waals surface area contributed by atoms with Gasteiger partial charge in [0, 0.05) is 12.0 Å². The molecule has 0 aliphatic rings. The number of benzene rings is 2. The van der Waals surface area contributed by atoms with Crippen LogP contribution in [0.15, 0.2) is 54.6 Å². The Morgan fingerprint density at radius 1 is 0.889 bits per heavy atom. The molecular formula is C22H24O5. The lowest BCUT2D eigenvalue weighted by atomic mass is 10.0. The molecule has 2 aromatic rings. The molecule has 0 amide bonds. The number of carbonyl (C=O) groups excluding carboxylic acids is 3. The number of rotatable bonds is 8. The van der Waals surface area contributed by atoms with Crippen molar-refractivity contribution in [3.8, 4) is 0 Å². The summed E-state index contributed by atoms with van der Waals surface area (Å²) in [5.74, 6) is -2.14. The van der Waals surface area contributed by atoms with Gasteiger partial charge in [-0.05, 0) is 24.5 Å². The van der Waals surface area contributed by atoms with E-state index in [4.69, 9.17) is 9.47 Å². The second kappa shape index (κ2) is 10.3. The predicted molar refractivity (Wildman–Crippen MR) is 101 cm³/mol. The summed E-state index contributed by atoms with van der Waals surface area (Å²) in [5.41, 5.74) is 1.72. The molecule has 0 saturated heterocycles. The van der Waals surface area contributed by atoms with Gasteiger partial charge in [0.25, 0.3) is 0 Å². The van der Waals surface area contributed by atoms with Crippen LogP contribution in [0.5, 0.6) is 0 Å². The summed E-state index contributed by atoms with van der Waals surface area (Å²) in [6.45, 7) is 3.83. The summed E-state index contributed by atoms with van der Waals surface area (Å²) < 4.78 is 10.4. The molecular weight excluding hydrogens is 344 g/mol. The van der Waals surface area contributed by atoms with E-state index in [1.54, 1.807) is 42.5 Å². The Morgan fingerprint density at radius 3 is 2.22 bits per heavy atom. The fourth-order valence-electron chi connectivity index (χ4n) is 2.68. The first-order valence-electron chi connectivity index (χ1n) is 9.15. The molecule has 0 aliphatic carbocycles. The predicted octanol–water partition coefficient (Wildman–Crippen LogP) is 4.41. The fraction of sp³-hybridized carbons (Fsp3) is 0.318. The molecule has 2 aromatic carbocycles. The third-order valence-corrected chi connectivity index (χ3v) is 3.97. The Hall–Kier alpha value is -2.95. The highest BCUT2D eigenvalue weighted by Gasteiger charge is 2.29.